The van der Waals surface area contributed by atoms with E-state index in [2.05, 4.69) is 105 Å². The number of nitriles is 1. The van der Waals surface area contributed by atoms with E-state index in [0.717, 1.165) is 95.2 Å². The highest BCUT2D eigenvalue weighted by Gasteiger charge is 2.35. The molecule has 0 aliphatic carbocycles. The fraction of sp³-hybridized carbons (Fsp3) is 0.400. The van der Waals surface area contributed by atoms with Crippen molar-refractivity contribution >= 4 is 117 Å². The average Bonchev–Trinajstić information content (AvgIpc) is 3.98. The van der Waals surface area contributed by atoms with Gasteiger partial charge in [-0.1, -0.05) is 42.4 Å². The third kappa shape index (κ3) is 13.4. The number of aromatic nitrogens is 2. The smallest absolute Gasteiger partial charge is 0.318 e. The van der Waals surface area contributed by atoms with E-state index in [0.29, 0.717) is 102 Å². The second-order valence-electron chi connectivity index (χ2n) is 18.6. The zero-order valence-corrected chi connectivity index (χ0v) is 47.4. The Labute approximate surface area is 471 Å². The number of anilines is 3. The normalized spacial score (nSPS) is 18.1. The van der Waals surface area contributed by atoms with E-state index in [9.17, 15) is 19.2 Å². The molecule has 4 aliphatic rings. The molecule has 1 aromatic heterocycles. The molecule has 1 N–H and O–H groups in total. The molecule has 5 heterocycles. The van der Waals surface area contributed by atoms with Gasteiger partial charge in [0.1, 0.15) is 24.8 Å². The standard InChI is InChI=1S/C55H57Br2ClFIN8O7/c1-35(59)54(70)68-20-19-67(32-39(68)13-15-61)52-41-14-18-66(49-10-3-7-37-6-2-9-46(58)50(37)49)33-48(41)63-55(64-52)75-34-40-8-4-16-65(40)17-5-21-71-22-23-72-24-25-73-26-27-74-51-44(56)29-36(30-45(51)57)28-43-42-31-38(60)11-12-47(42)62-53(43)69/h2-3,6-7,9-12,28-31,39-40H,1,4-5,8,13-14,16-27,32-34H2,(H,62,69)/b43-28+/t39-,40-/m0/s1. The van der Waals surface area contributed by atoms with Crippen LogP contribution in [0.5, 0.6) is 11.8 Å². The molecule has 15 nitrogen and oxygen atoms in total. The van der Waals surface area contributed by atoms with Crippen molar-refractivity contribution in [3.05, 3.63) is 119 Å². The lowest BCUT2D eigenvalue weighted by atomic mass is 10.0. The second-order valence-corrected chi connectivity index (χ2v) is 22.0. The maximum atomic E-state index is 14.1. The third-order valence-corrected chi connectivity index (χ3v) is 15.9. The van der Waals surface area contributed by atoms with Gasteiger partial charge in [-0.15, -0.1) is 0 Å². The van der Waals surface area contributed by atoms with Crippen LogP contribution in [-0.4, -0.2) is 136 Å². The van der Waals surface area contributed by atoms with E-state index in [1.807, 2.05) is 54.6 Å². The molecule has 0 spiro atoms. The van der Waals surface area contributed by atoms with Gasteiger partial charge in [-0.3, -0.25) is 14.5 Å². The van der Waals surface area contributed by atoms with Gasteiger partial charge in [-0.2, -0.15) is 15.2 Å². The minimum Gasteiger partial charge on any atom is -0.489 e. The largest absolute Gasteiger partial charge is 0.489 e. The van der Waals surface area contributed by atoms with Crippen LogP contribution in [0.1, 0.15) is 48.1 Å². The van der Waals surface area contributed by atoms with E-state index >= 15 is 0 Å². The molecule has 75 heavy (non-hydrogen) atoms. The molecule has 394 valence electrons. The first kappa shape index (κ1) is 54.9. The van der Waals surface area contributed by atoms with Crippen molar-refractivity contribution in [2.75, 3.05) is 107 Å². The molecule has 2 saturated heterocycles. The van der Waals surface area contributed by atoms with Crippen LogP contribution in [0.25, 0.3) is 22.4 Å². The van der Waals surface area contributed by atoms with Crippen molar-refractivity contribution in [3.63, 3.8) is 0 Å². The van der Waals surface area contributed by atoms with Crippen molar-refractivity contribution in [1.29, 1.82) is 5.26 Å². The topological polar surface area (TPSA) is 155 Å². The van der Waals surface area contributed by atoms with Gasteiger partial charge in [0.05, 0.1) is 77.8 Å². The average molecular weight is 1280 g/mol. The van der Waals surface area contributed by atoms with Crippen LogP contribution in [0.4, 0.5) is 21.6 Å². The minimum absolute atomic E-state index is 0.0441. The molecule has 4 aliphatic heterocycles. The molecule has 9 rings (SSSR count). The van der Waals surface area contributed by atoms with E-state index in [4.69, 9.17) is 45.3 Å². The highest BCUT2D eigenvalue weighted by Crippen LogP contribution is 2.40. The van der Waals surface area contributed by atoms with Crippen molar-refractivity contribution in [1.82, 2.24) is 19.8 Å². The minimum atomic E-state index is -1.04. The Bertz CT molecular complexity index is 2970. The molecule has 2 atom stereocenters. The van der Waals surface area contributed by atoms with Gasteiger partial charge in [-0.25, -0.2) is 4.39 Å². The lowest BCUT2D eigenvalue weighted by molar-refractivity contribution is -0.131. The fourth-order valence-corrected chi connectivity index (χ4v) is 12.4. The number of piperazine rings is 1. The number of carbonyl (C=O) groups excluding carboxylic acids is 2. The molecular formula is C55H57Br2ClFIN8O7. The number of hydrogen-bond acceptors (Lipinski definition) is 13. The molecule has 4 aromatic carbocycles. The quantitative estimate of drug-likeness (QED) is 0.0398. The Morgan fingerprint density at radius 1 is 0.920 bits per heavy atom. The molecular weight excluding hydrogens is 1230 g/mol. The Morgan fingerprint density at radius 2 is 1.67 bits per heavy atom. The SMILES string of the molecule is C=C(F)C(=O)N1CCN(c2nc(OC[C@@H]3CCCN3CCCOCCOCCOCCOc3c(Br)cc(/C=C4/C(=O)Nc5ccc(I)cc54)cc3Br)nc3c2CCN(c2cccc4cccc(Cl)c24)C3)C[C@@H]1CC#N. The molecule has 2 amide bonds. The first-order chi connectivity index (χ1) is 36.4. The Morgan fingerprint density at radius 3 is 2.43 bits per heavy atom. The number of rotatable bonds is 22. The lowest BCUT2D eigenvalue weighted by Crippen LogP contribution is -2.55. The third-order valence-electron chi connectivity index (χ3n) is 13.7. The Balaban J connectivity index is 0.711. The number of likely N-dealkylation sites (tertiary alicyclic amines) is 1. The highest BCUT2D eigenvalue weighted by atomic mass is 127. The van der Waals surface area contributed by atoms with E-state index < -0.39 is 17.8 Å². The monoisotopic (exact) mass is 1280 g/mol. The number of benzene rings is 4. The predicted octanol–water partition coefficient (Wildman–Crippen LogP) is 10.2. The summed E-state index contributed by atoms with van der Waals surface area (Å²) in [5, 5.41) is 15.4. The van der Waals surface area contributed by atoms with Crippen molar-refractivity contribution in [3.8, 4) is 17.8 Å². The number of nitrogens with zero attached hydrogens (tertiary/aromatic N) is 7. The number of carbonyl (C=O) groups is 2. The molecule has 20 heteroatoms. The molecule has 0 bridgehead atoms. The van der Waals surface area contributed by atoms with Gasteiger partial charge in [0, 0.05) is 82.4 Å². The van der Waals surface area contributed by atoms with Crippen LogP contribution >= 0.6 is 66.1 Å². The van der Waals surface area contributed by atoms with Gasteiger partial charge in [0.15, 0.2) is 5.83 Å². The van der Waals surface area contributed by atoms with E-state index in [-0.39, 0.29) is 30.9 Å². The van der Waals surface area contributed by atoms with Gasteiger partial charge in [-0.05, 0) is 146 Å². The first-order valence-corrected chi connectivity index (χ1v) is 28.1. The van der Waals surface area contributed by atoms with Crippen LogP contribution in [0.15, 0.2) is 88.1 Å². The molecule has 0 unspecified atom stereocenters. The summed E-state index contributed by atoms with van der Waals surface area (Å²) in [4.78, 5) is 43.7. The van der Waals surface area contributed by atoms with Crippen LogP contribution < -0.4 is 24.6 Å². The molecule has 0 radical (unpaired) electrons. The molecule has 0 saturated carbocycles. The first-order valence-electron chi connectivity index (χ1n) is 25.1. The van der Waals surface area contributed by atoms with Gasteiger partial charge in [0.25, 0.3) is 11.8 Å². The number of hydrogen-bond donors (Lipinski definition) is 1. The van der Waals surface area contributed by atoms with Crippen molar-refractivity contribution in [2.45, 2.75) is 50.7 Å². The highest BCUT2D eigenvalue weighted by molar-refractivity contribution is 14.1. The van der Waals surface area contributed by atoms with Crippen LogP contribution in [0.3, 0.4) is 0 Å². The number of fused-ring (bicyclic) bond motifs is 3. The summed E-state index contributed by atoms with van der Waals surface area (Å²) >= 11 is 16.3. The summed E-state index contributed by atoms with van der Waals surface area (Å²) in [5.74, 6) is -0.580. The fourth-order valence-electron chi connectivity index (χ4n) is 10.1. The van der Waals surface area contributed by atoms with Gasteiger partial charge < -0.3 is 43.7 Å². The van der Waals surface area contributed by atoms with E-state index in [1.54, 1.807) is 0 Å². The Hall–Kier alpha value is -4.92. The van der Waals surface area contributed by atoms with Crippen molar-refractivity contribution < 1.29 is 37.7 Å². The Kier molecular flexibility index (Phi) is 19.0. The van der Waals surface area contributed by atoms with Crippen LogP contribution in [0, 0.1) is 14.9 Å². The number of nitrogens with one attached hydrogen (secondary N) is 1. The predicted molar refractivity (Wildman–Crippen MR) is 304 cm³/mol. The number of ether oxygens (including phenoxy) is 5. The zero-order chi connectivity index (χ0) is 52.4. The maximum Gasteiger partial charge on any atom is 0.318 e. The summed E-state index contributed by atoms with van der Waals surface area (Å²) < 4.78 is 46.6. The summed E-state index contributed by atoms with van der Waals surface area (Å²) in [5.41, 5.74) is 6.03. The zero-order valence-electron chi connectivity index (χ0n) is 41.3. The summed E-state index contributed by atoms with van der Waals surface area (Å²) in [7, 11) is 0. The summed E-state index contributed by atoms with van der Waals surface area (Å²) in [6, 6.07) is 24.0. The van der Waals surface area contributed by atoms with Gasteiger partial charge >= 0.3 is 6.01 Å². The van der Waals surface area contributed by atoms with E-state index in [1.165, 1.54) is 4.90 Å². The van der Waals surface area contributed by atoms with Gasteiger partial charge in [0.2, 0.25) is 0 Å². The second kappa shape index (κ2) is 25.9. The lowest BCUT2D eigenvalue weighted by Gasteiger charge is -2.42. The molecule has 5 aromatic rings. The summed E-state index contributed by atoms with van der Waals surface area (Å²) in [6.45, 7) is 10.8. The van der Waals surface area contributed by atoms with Crippen LogP contribution in [-0.2, 0) is 36.8 Å². The maximum absolute atomic E-state index is 14.1. The number of halogens is 5. The van der Waals surface area contributed by atoms with Crippen molar-refractivity contribution in [2.24, 2.45) is 0 Å². The summed E-state index contributed by atoms with van der Waals surface area (Å²) in [6.07, 6.45) is 5.48. The molecule has 2 fully saturated rings. The van der Waals surface area contributed by atoms with Crippen LogP contribution in [0.2, 0.25) is 5.02 Å². The number of amides is 2.